The van der Waals surface area contributed by atoms with Gasteiger partial charge in [0.05, 0.1) is 6.04 Å². The molecule has 1 fully saturated rings. The highest BCUT2D eigenvalue weighted by atomic mass is 16.2. The third-order valence-corrected chi connectivity index (χ3v) is 2.81. The number of carbonyl (C=O) groups is 2. The number of rotatable bonds is 6. The Kier molecular flexibility index (Phi) is 5.25. The van der Waals surface area contributed by atoms with Gasteiger partial charge in [-0.25, -0.2) is 0 Å². The van der Waals surface area contributed by atoms with Gasteiger partial charge in [-0.15, -0.1) is 0 Å². The molecule has 1 aliphatic heterocycles. The molecular weight excluding hydrogens is 206 g/mol. The standard InChI is InChI=1S/C11H21N3O2/c1-2-3-4-9(12)11(16)13-7-8-5-6-10(15)14-8/h8-9H,2-7,12H2,1H3,(H,13,16)(H,14,15)/t8?,9-/m0/s1. The van der Waals surface area contributed by atoms with Crippen LogP contribution in [-0.4, -0.2) is 30.4 Å². The summed E-state index contributed by atoms with van der Waals surface area (Å²) in [6, 6.07) is -0.341. The van der Waals surface area contributed by atoms with Crippen molar-refractivity contribution in [2.75, 3.05) is 6.54 Å². The molecule has 5 nitrogen and oxygen atoms in total. The molecule has 0 bridgehead atoms. The van der Waals surface area contributed by atoms with Crippen LogP contribution in [0.15, 0.2) is 0 Å². The van der Waals surface area contributed by atoms with E-state index in [2.05, 4.69) is 17.6 Å². The maximum absolute atomic E-state index is 11.5. The van der Waals surface area contributed by atoms with Crippen LogP contribution in [0.1, 0.15) is 39.0 Å². The molecule has 0 aromatic heterocycles. The second kappa shape index (κ2) is 6.48. The topological polar surface area (TPSA) is 84.2 Å². The molecule has 0 aromatic carbocycles. The Morgan fingerprint density at radius 1 is 1.69 bits per heavy atom. The molecule has 1 aliphatic rings. The molecule has 4 N–H and O–H groups in total. The fourth-order valence-electron chi connectivity index (χ4n) is 1.74. The van der Waals surface area contributed by atoms with Crippen molar-refractivity contribution in [3.63, 3.8) is 0 Å². The molecule has 0 spiro atoms. The molecule has 92 valence electrons. The summed E-state index contributed by atoms with van der Waals surface area (Å²) >= 11 is 0. The van der Waals surface area contributed by atoms with Crippen molar-refractivity contribution >= 4 is 11.8 Å². The summed E-state index contributed by atoms with van der Waals surface area (Å²) < 4.78 is 0. The lowest BCUT2D eigenvalue weighted by atomic mass is 10.1. The van der Waals surface area contributed by atoms with Gasteiger partial charge >= 0.3 is 0 Å². The predicted octanol–water partition coefficient (Wildman–Crippen LogP) is -0.101. The SMILES string of the molecule is CCCC[C@H](N)C(=O)NCC1CCC(=O)N1. The van der Waals surface area contributed by atoms with Gasteiger partial charge in [0.1, 0.15) is 0 Å². The van der Waals surface area contributed by atoms with Gasteiger partial charge < -0.3 is 16.4 Å². The van der Waals surface area contributed by atoms with Crippen molar-refractivity contribution in [3.05, 3.63) is 0 Å². The van der Waals surface area contributed by atoms with Gasteiger partial charge in [-0.05, 0) is 12.8 Å². The Hall–Kier alpha value is -1.10. The van der Waals surface area contributed by atoms with Crippen LogP contribution in [0.4, 0.5) is 0 Å². The molecule has 0 saturated carbocycles. The third kappa shape index (κ3) is 4.18. The second-order valence-corrected chi connectivity index (χ2v) is 4.30. The second-order valence-electron chi connectivity index (χ2n) is 4.30. The van der Waals surface area contributed by atoms with E-state index in [1.54, 1.807) is 0 Å². The first kappa shape index (κ1) is 13.0. The molecule has 0 radical (unpaired) electrons. The van der Waals surface area contributed by atoms with Crippen LogP contribution in [-0.2, 0) is 9.59 Å². The molecule has 5 heteroatoms. The fraction of sp³-hybridized carbons (Fsp3) is 0.818. The lowest BCUT2D eigenvalue weighted by Crippen LogP contribution is -2.45. The Morgan fingerprint density at radius 3 is 3.00 bits per heavy atom. The van der Waals surface area contributed by atoms with Crippen LogP contribution in [0.25, 0.3) is 0 Å². The summed E-state index contributed by atoms with van der Waals surface area (Å²) in [5.74, 6) is -0.0517. The van der Waals surface area contributed by atoms with Crippen LogP contribution < -0.4 is 16.4 Å². The summed E-state index contributed by atoms with van der Waals surface area (Å²) in [6.45, 7) is 2.56. The Morgan fingerprint density at radius 2 is 2.44 bits per heavy atom. The molecule has 1 rings (SSSR count). The van der Waals surface area contributed by atoms with E-state index < -0.39 is 6.04 Å². The maximum Gasteiger partial charge on any atom is 0.236 e. The largest absolute Gasteiger partial charge is 0.353 e. The van der Waals surface area contributed by atoms with E-state index in [-0.39, 0.29) is 17.9 Å². The summed E-state index contributed by atoms with van der Waals surface area (Å²) in [4.78, 5) is 22.5. The molecule has 2 amide bonds. The van der Waals surface area contributed by atoms with Crippen LogP contribution in [0.3, 0.4) is 0 Å². The normalized spacial score (nSPS) is 21.6. The van der Waals surface area contributed by atoms with Gasteiger partial charge in [0, 0.05) is 19.0 Å². The highest BCUT2D eigenvalue weighted by Gasteiger charge is 2.21. The van der Waals surface area contributed by atoms with Crippen LogP contribution in [0.5, 0.6) is 0 Å². The van der Waals surface area contributed by atoms with E-state index in [1.165, 1.54) is 0 Å². The Bertz CT molecular complexity index is 256. The van der Waals surface area contributed by atoms with E-state index in [1.807, 2.05) is 0 Å². The number of carbonyl (C=O) groups excluding carboxylic acids is 2. The van der Waals surface area contributed by atoms with E-state index in [0.29, 0.717) is 13.0 Å². The summed E-state index contributed by atoms with van der Waals surface area (Å²) in [6.07, 6.45) is 4.08. The highest BCUT2D eigenvalue weighted by molar-refractivity contribution is 5.82. The third-order valence-electron chi connectivity index (χ3n) is 2.81. The fourth-order valence-corrected chi connectivity index (χ4v) is 1.74. The number of nitrogens with two attached hydrogens (primary N) is 1. The lowest BCUT2D eigenvalue weighted by Gasteiger charge is -2.14. The van der Waals surface area contributed by atoms with Gasteiger partial charge in [-0.1, -0.05) is 19.8 Å². The quantitative estimate of drug-likeness (QED) is 0.592. The summed E-state index contributed by atoms with van der Waals surface area (Å²) in [5.41, 5.74) is 5.72. The molecule has 0 aliphatic carbocycles. The Balaban J connectivity index is 2.16. The molecule has 0 aromatic rings. The van der Waals surface area contributed by atoms with Crippen molar-refractivity contribution in [1.29, 1.82) is 0 Å². The molecule has 1 heterocycles. The van der Waals surface area contributed by atoms with Gasteiger partial charge in [0.25, 0.3) is 0 Å². The van der Waals surface area contributed by atoms with E-state index in [9.17, 15) is 9.59 Å². The first-order valence-electron chi connectivity index (χ1n) is 5.96. The summed E-state index contributed by atoms with van der Waals surface area (Å²) in [7, 11) is 0. The number of amides is 2. The zero-order chi connectivity index (χ0) is 12.0. The van der Waals surface area contributed by atoms with E-state index in [4.69, 9.17) is 5.73 Å². The monoisotopic (exact) mass is 227 g/mol. The minimum absolute atomic E-state index is 0.0644. The van der Waals surface area contributed by atoms with Gasteiger partial charge in [0.2, 0.25) is 11.8 Å². The number of hydrogen-bond donors (Lipinski definition) is 3. The van der Waals surface area contributed by atoms with Crippen LogP contribution in [0.2, 0.25) is 0 Å². The molecule has 1 saturated heterocycles. The number of hydrogen-bond acceptors (Lipinski definition) is 3. The highest BCUT2D eigenvalue weighted by Crippen LogP contribution is 2.05. The van der Waals surface area contributed by atoms with Gasteiger partial charge in [0.15, 0.2) is 0 Å². The first-order valence-corrected chi connectivity index (χ1v) is 5.96. The van der Waals surface area contributed by atoms with Crippen LogP contribution in [0, 0.1) is 0 Å². The first-order chi connectivity index (χ1) is 7.63. The minimum atomic E-state index is -0.419. The molecule has 16 heavy (non-hydrogen) atoms. The van der Waals surface area contributed by atoms with Crippen LogP contribution >= 0.6 is 0 Å². The number of nitrogens with one attached hydrogen (secondary N) is 2. The summed E-state index contributed by atoms with van der Waals surface area (Å²) in [5, 5.41) is 5.57. The van der Waals surface area contributed by atoms with Crippen molar-refractivity contribution in [2.45, 2.75) is 51.1 Å². The lowest BCUT2D eigenvalue weighted by molar-refractivity contribution is -0.123. The van der Waals surface area contributed by atoms with Crippen molar-refractivity contribution in [1.82, 2.24) is 10.6 Å². The van der Waals surface area contributed by atoms with Crippen molar-refractivity contribution in [2.24, 2.45) is 5.73 Å². The van der Waals surface area contributed by atoms with Crippen molar-refractivity contribution < 1.29 is 9.59 Å². The van der Waals surface area contributed by atoms with Gasteiger partial charge in [-0.3, -0.25) is 9.59 Å². The Labute approximate surface area is 96.1 Å². The number of unbranched alkanes of at least 4 members (excludes halogenated alkanes) is 1. The van der Waals surface area contributed by atoms with E-state index >= 15 is 0 Å². The van der Waals surface area contributed by atoms with Gasteiger partial charge in [-0.2, -0.15) is 0 Å². The van der Waals surface area contributed by atoms with E-state index in [0.717, 1.165) is 25.7 Å². The zero-order valence-electron chi connectivity index (χ0n) is 9.79. The maximum atomic E-state index is 11.5. The van der Waals surface area contributed by atoms with Crippen molar-refractivity contribution in [3.8, 4) is 0 Å². The minimum Gasteiger partial charge on any atom is -0.353 e. The molecule has 1 unspecified atom stereocenters. The zero-order valence-corrected chi connectivity index (χ0v) is 9.79. The average Bonchev–Trinajstić information content (AvgIpc) is 2.68. The molecule has 2 atom stereocenters. The predicted molar refractivity (Wildman–Crippen MR) is 61.7 cm³/mol. The molecular formula is C11H21N3O2. The average molecular weight is 227 g/mol. The smallest absolute Gasteiger partial charge is 0.236 e.